The van der Waals surface area contributed by atoms with Gasteiger partial charge in [-0.2, -0.15) is 0 Å². The minimum Gasteiger partial charge on any atom is -0.481 e. The molecule has 21 heavy (non-hydrogen) atoms. The Bertz CT molecular complexity index is 376. The number of unbranched alkanes of at least 4 members (excludes halogenated alkanes) is 3. The molecule has 0 heterocycles. The van der Waals surface area contributed by atoms with Gasteiger partial charge >= 0.3 is 17.9 Å². The third kappa shape index (κ3) is 7.48. The van der Waals surface area contributed by atoms with Crippen LogP contribution in [-0.2, 0) is 19.1 Å². The fourth-order valence-electron chi connectivity index (χ4n) is 2.04. The van der Waals surface area contributed by atoms with Crippen LogP contribution in [0.15, 0.2) is 12.7 Å². The third-order valence-electron chi connectivity index (χ3n) is 3.26. The minimum atomic E-state index is -1.54. The van der Waals surface area contributed by atoms with Crippen molar-refractivity contribution >= 4 is 17.9 Å². The minimum absolute atomic E-state index is 0.0570. The maximum Gasteiger partial charge on any atom is 0.348 e. The summed E-state index contributed by atoms with van der Waals surface area (Å²) in [6.07, 6.45) is 4.42. The molecule has 0 aliphatic heterocycles. The van der Waals surface area contributed by atoms with Crippen molar-refractivity contribution in [1.82, 2.24) is 0 Å². The lowest BCUT2D eigenvalue weighted by Gasteiger charge is -2.29. The Labute approximate surface area is 124 Å². The first kappa shape index (κ1) is 19.1. The summed E-state index contributed by atoms with van der Waals surface area (Å²) in [6.45, 7) is 5.21. The summed E-state index contributed by atoms with van der Waals surface area (Å²) < 4.78 is 5.11. The first-order valence-corrected chi connectivity index (χ1v) is 7.18. The first-order valence-electron chi connectivity index (χ1n) is 7.18. The van der Waals surface area contributed by atoms with E-state index in [1.165, 1.54) is 0 Å². The largest absolute Gasteiger partial charge is 0.481 e. The highest BCUT2D eigenvalue weighted by molar-refractivity contribution is 5.86. The molecule has 6 nitrogen and oxygen atoms in total. The molecule has 0 radical (unpaired) electrons. The van der Waals surface area contributed by atoms with Crippen LogP contribution in [-0.4, -0.2) is 33.7 Å². The first-order chi connectivity index (χ1) is 9.88. The van der Waals surface area contributed by atoms with Crippen molar-refractivity contribution < 1.29 is 29.3 Å². The smallest absolute Gasteiger partial charge is 0.348 e. The second-order valence-electron chi connectivity index (χ2n) is 4.98. The lowest BCUT2D eigenvalue weighted by Crippen LogP contribution is -2.43. The van der Waals surface area contributed by atoms with Gasteiger partial charge in [0.15, 0.2) is 0 Å². The molecule has 0 rings (SSSR count). The fraction of sp³-hybridized carbons (Fsp3) is 0.667. The van der Waals surface area contributed by atoms with Gasteiger partial charge in [0.05, 0.1) is 0 Å². The van der Waals surface area contributed by atoms with E-state index in [0.717, 1.165) is 12.5 Å². The van der Waals surface area contributed by atoms with Crippen LogP contribution < -0.4 is 0 Å². The zero-order valence-electron chi connectivity index (χ0n) is 12.5. The highest BCUT2D eigenvalue weighted by atomic mass is 16.6. The van der Waals surface area contributed by atoms with Crippen LogP contribution in [0.25, 0.3) is 0 Å². The molecule has 2 N–H and O–H groups in total. The van der Waals surface area contributed by atoms with Crippen LogP contribution in [0.3, 0.4) is 0 Å². The Morgan fingerprint density at radius 2 is 1.71 bits per heavy atom. The molecule has 0 aliphatic carbocycles. The molecule has 1 unspecified atom stereocenters. The molecule has 120 valence electrons. The number of hydrogen-bond donors (Lipinski definition) is 2. The topological polar surface area (TPSA) is 101 Å². The average molecular weight is 300 g/mol. The fourth-order valence-corrected chi connectivity index (χ4v) is 2.04. The zero-order chi connectivity index (χ0) is 16.3. The van der Waals surface area contributed by atoms with Gasteiger partial charge in [0, 0.05) is 12.5 Å². The second kappa shape index (κ2) is 9.96. The number of rotatable bonds is 12. The molecule has 0 aliphatic rings. The SMILES string of the molecule is C=CC(=O)OC(CCCC)(CCCCCC(=O)O)C(=O)O. The number of carboxylic acid groups (broad SMARTS) is 2. The van der Waals surface area contributed by atoms with E-state index in [2.05, 4.69) is 6.58 Å². The summed E-state index contributed by atoms with van der Waals surface area (Å²) in [6, 6.07) is 0. The van der Waals surface area contributed by atoms with E-state index >= 15 is 0 Å². The van der Waals surface area contributed by atoms with E-state index in [4.69, 9.17) is 9.84 Å². The van der Waals surface area contributed by atoms with Gasteiger partial charge in [0.25, 0.3) is 0 Å². The van der Waals surface area contributed by atoms with E-state index in [1.807, 2.05) is 6.92 Å². The Balaban J connectivity index is 4.67. The van der Waals surface area contributed by atoms with Crippen molar-refractivity contribution in [1.29, 1.82) is 0 Å². The van der Waals surface area contributed by atoms with Gasteiger partial charge in [0.1, 0.15) is 0 Å². The lowest BCUT2D eigenvalue weighted by molar-refractivity contribution is -0.177. The highest BCUT2D eigenvalue weighted by Gasteiger charge is 2.41. The van der Waals surface area contributed by atoms with Gasteiger partial charge in [-0.15, -0.1) is 0 Å². The molecular formula is C15H24O6. The monoisotopic (exact) mass is 300 g/mol. The molecule has 1 atom stereocenters. The normalized spacial score (nSPS) is 13.2. The number of carboxylic acids is 2. The number of ether oxygens (including phenoxy) is 1. The number of carbonyl (C=O) groups is 3. The Morgan fingerprint density at radius 3 is 2.19 bits per heavy atom. The van der Waals surface area contributed by atoms with Crippen LogP contribution in [0.1, 0.15) is 58.3 Å². The molecule has 0 saturated heterocycles. The molecule has 0 fully saturated rings. The average Bonchev–Trinajstić information content (AvgIpc) is 2.43. The number of esters is 1. The maximum absolute atomic E-state index is 11.5. The molecule has 0 saturated carbocycles. The number of hydrogen-bond acceptors (Lipinski definition) is 4. The van der Waals surface area contributed by atoms with Crippen LogP contribution in [0.4, 0.5) is 0 Å². The molecule has 0 aromatic rings. The number of carbonyl (C=O) groups excluding carboxylic acids is 1. The standard InChI is InChI=1S/C15H24O6/c1-3-5-10-15(14(19)20,21-13(18)4-2)11-8-6-7-9-12(16)17/h4H,2-3,5-11H2,1H3,(H,16,17)(H,19,20). The van der Waals surface area contributed by atoms with Crippen LogP contribution in [0.2, 0.25) is 0 Å². The highest BCUT2D eigenvalue weighted by Crippen LogP contribution is 2.27. The third-order valence-corrected chi connectivity index (χ3v) is 3.26. The predicted molar refractivity (Wildman–Crippen MR) is 76.9 cm³/mol. The number of aliphatic carboxylic acids is 2. The quantitative estimate of drug-likeness (QED) is 0.326. The second-order valence-corrected chi connectivity index (χ2v) is 4.98. The molecule has 0 aromatic heterocycles. The van der Waals surface area contributed by atoms with Crippen molar-refractivity contribution in [2.45, 2.75) is 63.9 Å². The summed E-state index contributed by atoms with van der Waals surface area (Å²) in [5.41, 5.74) is -1.54. The summed E-state index contributed by atoms with van der Waals surface area (Å²) in [7, 11) is 0. The summed E-state index contributed by atoms with van der Waals surface area (Å²) in [5.74, 6) is -2.79. The molecule has 0 aromatic carbocycles. The van der Waals surface area contributed by atoms with Crippen molar-refractivity contribution in [3.63, 3.8) is 0 Å². The van der Waals surface area contributed by atoms with Gasteiger partial charge in [-0.25, -0.2) is 9.59 Å². The van der Waals surface area contributed by atoms with Crippen molar-refractivity contribution in [3.8, 4) is 0 Å². The molecule has 0 spiro atoms. The van der Waals surface area contributed by atoms with E-state index in [9.17, 15) is 19.5 Å². The van der Waals surface area contributed by atoms with Crippen molar-refractivity contribution in [2.75, 3.05) is 0 Å². The van der Waals surface area contributed by atoms with Gasteiger partial charge in [-0.3, -0.25) is 4.79 Å². The van der Waals surface area contributed by atoms with E-state index in [0.29, 0.717) is 25.7 Å². The van der Waals surface area contributed by atoms with Crippen LogP contribution >= 0.6 is 0 Å². The zero-order valence-corrected chi connectivity index (χ0v) is 12.5. The van der Waals surface area contributed by atoms with Gasteiger partial charge in [0.2, 0.25) is 5.60 Å². The predicted octanol–water partition coefficient (Wildman–Crippen LogP) is 2.76. The van der Waals surface area contributed by atoms with Crippen LogP contribution in [0, 0.1) is 0 Å². The summed E-state index contributed by atoms with van der Waals surface area (Å²) >= 11 is 0. The van der Waals surface area contributed by atoms with Gasteiger partial charge < -0.3 is 14.9 Å². The van der Waals surface area contributed by atoms with E-state index < -0.39 is 23.5 Å². The molecule has 6 heteroatoms. The summed E-state index contributed by atoms with van der Waals surface area (Å²) in [4.78, 5) is 33.4. The van der Waals surface area contributed by atoms with Crippen LogP contribution in [0.5, 0.6) is 0 Å². The van der Waals surface area contributed by atoms with Crippen molar-refractivity contribution in [3.05, 3.63) is 12.7 Å². The molecule has 0 amide bonds. The van der Waals surface area contributed by atoms with Gasteiger partial charge in [-0.05, 0) is 32.1 Å². The Kier molecular flexibility index (Phi) is 9.08. The Hall–Kier alpha value is -1.85. The maximum atomic E-state index is 11.5. The molecule has 0 bridgehead atoms. The van der Waals surface area contributed by atoms with Gasteiger partial charge in [-0.1, -0.05) is 26.3 Å². The summed E-state index contributed by atoms with van der Waals surface area (Å²) in [5, 5.41) is 18.0. The molecular weight excluding hydrogens is 276 g/mol. The Morgan fingerprint density at radius 1 is 1.10 bits per heavy atom. The van der Waals surface area contributed by atoms with E-state index in [-0.39, 0.29) is 19.3 Å². The van der Waals surface area contributed by atoms with Crippen molar-refractivity contribution in [2.24, 2.45) is 0 Å². The van der Waals surface area contributed by atoms with E-state index in [1.54, 1.807) is 0 Å². The lowest BCUT2D eigenvalue weighted by atomic mass is 9.90.